The second-order valence-corrected chi connectivity index (χ2v) is 9.20. The van der Waals surface area contributed by atoms with Crippen LogP contribution in [0.2, 0.25) is 0 Å². The molecule has 0 aliphatic carbocycles. The minimum atomic E-state index is -5.08. The van der Waals surface area contributed by atoms with Crippen molar-refractivity contribution in [3.8, 4) is 0 Å². The summed E-state index contributed by atoms with van der Waals surface area (Å²) in [7, 11) is -0.455. The molecule has 0 aromatic carbocycles. The zero-order chi connectivity index (χ0) is 14.8. The van der Waals surface area contributed by atoms with Crippen LogP contribution in [0.3, 0.4) is 0 Å². The van der Waals surface area contributed by atoms with E-state index in [0.717, 1.165) is 0 Å². The van der Waals surface area contributed by atoms with E-state index in [1.165, 1.54) is 31.3 Å². The first kappa shape index (κ1) is 20.0. The molecule has 0 aromatic rings. The smallest absolute Gasteiger partial charge is 0.475 e. The number of carbonyl (C=O) groups is 1. The van der Waals surface area contributed by atoms with E-state index in [9.17, 15) is 13.2 Å². The summed E-state index contributed by atoms with van der Waals surface area (Å²) in [5.74, 6) is -2.76. The molecule has 1 N–H and O–H groups in total. The number of carboxylic acids is 1. The molecule has 0 aliphatic rings. The van der Waals surface area contributed by atoms with Crippen LogP contribution >= 0.6 is 7.26 Å². The van der Waals surface area contributed by atoms with Gasteiger partial charge in [-0.25, -0.2) is 4.79 Å². The Kier molecular flexibility index (Phi) is 10.7. The van der Waals surface area contributed by atoms with E-state index in [-0.39, 0.29) is 0 Å². The Balaban J connectivity index is 0. The van der Waals surface area contributed by atoms with Crippen LogP contribution < -0.4 is 0 Å². The SMILES string of the molecule is CCCC[P+](CC)(CC)CC.O=C(O)C(F)(F)F. The van der Waals surface area contributed by atoms with Crippen molar-refractivity contribution in [3.63, 3.8) is 0 Å². The second-order valence-electron chi connectivity index (χ2n) is 4.17. The fraction of sp³-hybridized carbons (Fsp3) is 0.917. The van der Waals surface area contributed by atoms with Gasteiger partial charge >= 0.3 is 12.1 Å². The monoisotopic (exact) mass is 289 g/mol. The van der Waals surface area contributed by atoms with Crippen LogP contribution in [-0.2, 0) is 4.79 Å². The van der Waals surface area contributed by atoms with Crippen molar-refractivity contribution in [2.75, 3.05) is 24.6 Å². The van der Waals surface area contributed by atoms with E-state index in [2.05, 4.69) is 27.7 Å². The Labute approximate surface area is 108 Å². The van der Waals surface area contributed by atoms with Crippen molar-refractivity contribution in [2.24, 2.45) is 0 Å². The van der Waals surface area contributed by atoms with Crippen LogP contribution in [0.25, 0.3) is 0 Å². The Morgan fingerprint density at radius 3 is 1.56 bits per heavy atom. The molecule has 0 aliphatic heterocycles. The number of hydrogen-bond donors (Lipinski definition) is 1. The topological polar surface area (TPSA) is 37.3 Å². The van der Waals surface area contributed by atoms with Crippen LogP contribution in [0.5, 0.6) is 0 Å². The second kappa shape index (κ2) is 9.60. The number of carboxylic acid groups (broad SMARTS) is 1. The molecule has 0 radical (unpaired) electrons. The Morgan fingerprint density at radius 2 is 1.39 bits per heavy atom. The molecule has 0 spiro atoms. The minimum absolute atomic E-state index is 0.455. The molecule has 0 unspecified atom stereocenters. The van der Waals surface area contributed by atoms with E-state index in [1.54, 1.807) is 6.16 Å². The first-order valence-corrected chi connectivity index (χ1v) is 8.87. The Morgan fingerprint density at radius 1 is 1.06 bits per heavy atom. The van der Waals surface area contributed by atoms with Gasteiger partial charge in [0.1, 0.15) is 0 Å². The van der Waals surface area contributed by atoms with E-state index >= 15 is 0 Å². The highest BCUT2D eigenvalue weighted by atomic mass is 31.2. The molecule has 0 saturated heterocycles. The number of hydrogen-bond acceptors (Lipinski definition) is 1. The fourth-order valence-electron chi connectivity index (χ4n) is 1.64. The van der Waals surface area contributed by atoms with Crippen LogP contribution in [0.15, 0.2) is 0 Å². The van der Waals surface area contributed by atoms with Gasteiger partial charge < -0.3 is 5.11 Å². The predicted molar refractivity (Wildman–Crippen MR) is 72.0 cm³/mol. The fourth-order valence-corrected chi connectivity index (χ4v) is 4.92. The van der Waals surface area contributed by atoms with Gasteiger partial charge in [0.2, 0.25) is 0 Å². The number of aliphatic carboxylic acids is 1. The quantitative estimate of drug-likeness (QED) is 0.731. The molecule has 0 fully saturated rings. The molecular weight excluding hydrogens is 264 g/mol. The van der Waals surface area contributed by atoms with Crippen molar-refractivity contribution in [1.29, 1.82) is 0 Å². The summed E-state index contributed by atoms with van der Waals surface area (Å²) in [4.78, 5) is 8.90. The van der Waals surface area contributed by atoms with Gasteiger partial charge in [0, 0.05) is 7.26 Å². The first-order chi connectivity index (χ1) is 8.19. The third-order valence-corrected chi connectivity index (χ3v) is 8.53. The van der Waals surface area contributed by atoms with Gasteiger partial charge in [-0.05, 0) is 27.2 Å². The highest BCUT2D eigenvalue weighted by molar-refractivity contribution is 7.75. The van der Waals surface area contributed by atoms with Crippen molar-refractivity contribution < 1.29 is 23.1 Å². The summed E-state index contributed by atoms with van der Waals surface area (Å²) in [6.45, 7) is 9.46. The van der Waals surface area contributed by atoms with Gasteiger partial charge in [-0.3, -0.25) is 0 Å². The lowest BCUT2D eigenvalue weighted by Crippen LogP contribution is -2.21. The highest BCUT2D eigenvalue weighted by Gasteiger charge is 2.38. The molecule has 0 aromatic heterocycles. The third kappa shape index (κ3) is 8.73. The van der Waals surface area contributed by atoms with Crippen molar-refractivity contribution in [2.45, 2.75) is 46.7 Å². The van der Waals surface area contributed by atoms with E-state index in [1.807, 2.05) is 0 Å². The van der Waals surface area contributed by atoms with Crippen LogP contribution in [0, 0.1) is 0 Å². The zero-order valence-corrected chi connectivity index (χ0v) is 12.6. The standard InChI is InChI=1S/C10H24P.C2HF3O2/c1-5-9-10-11(6-2,7-3)8-4;3-2(4,5)1(6)7/h5-10H2,1-4H3;(H,6,7)/q+1;. The summed E-state index contributed by atoms with van der Waals surface area (Å²) < 4.78 is 31.7. The van der Waals surface area contributed by atoms with Crippen LogP contribution in [0.4, 0.5) is 13.2 Å². The molecule has 0 amide bonds. The van der Waals surface area contributed by atoms with E-state index in [0.29, 0.717) is 0 Å². The van der Waals surface area contributed by atoms with Crippen LogP contribution in [0.1, 0.15) is 40.5 Å². The Hall–Kier alpha value is -0.310. The average Bonchev–Trinajstić information content (AvgIpc) is 2.31. The van der Waals surface area contributed by atoms with Crippen LogP contribution in [-0.4, -0.2) is 41.9 Å². The lowest BCUT2D eigenvalue weighted by Gasteiger charge is -2.23. The first-order valence-electron chi connectivity index (χ1n) is 6.34. The molecular formula is C12H25F3O2P+. The van der Waals surface area contributed by atoms with Gasteiger partial charge in [-0.2, -0.15) is 13.2 Å². The van der Waals surface area contributed by atoms with Gasteiger partial charge in [0.05, 0.1) is 24.6 Å². The molecule has 6 heteroatoms. The van der Waals surface area contributed by atoms with Gasteiger partial charge in [0.25, 0.3) is 0 Å². The summed E-state index contributed by atoms with van der Waals surface area (Å²) >= 11 is 0. The number of halogens is 3. The molecule has 0 atom stereocenters. The predicted octanol–water partition coefficient (Wildman–Crippen LogP) is 4.50. The lowest BCUT2D eigenvalue weighted by atomic mass is 10.4. The largest absolute Gasteiger partial charge is 0.490 e. The number of rotatable bonds is 6. The zero-order valence-electron chi connectivity index (χ0n) is 11.7. The molecule has 0 rings (SSSR count). The molecule has 2 nitrogen and oxygen atoms in total. The third-order valence-electron chi connectivity index (χ3n) is 3.24. The number of unbranched alkanes of at least 4 members (excludes halogenated alkanes) is 1. The van der Waals surface area contributed by atoms with Crippen molar-refractivity contribution in [3.05, 3.63) is 0 Å². The lowest BCUT2D eigenvalue weighted by molar-refractivity contribution is -0.192. The highest BCUT2D eigenvalue weighted by Crippen LogP contribution is 2.58. The van der Waals surface area contributed by atoms with Gasteiger partial charge in [-0.15, -0.1) is 0 Å². The normalized spacial score (nSPS) is 11.7. The van der Waals surface area contributed by atoms with Crippen molar-refractivity contribution in [1.82, 2.24) is 0 Å². The average molecular weight is 289 g/mol. The van der Waals surface area contributed by atoms with E-state index in [4.69, 9.17) is 9.90 Å². The summed E-state index contributed by atoms with van der Waals surface area (Å²) in [5, 5.41) is 7.12. The summed E-state index contributed by atoms with van der Waals surface area (Å²) in [5.41, 5.74) is 0. The molecule has 0 bridgehead atoms. The minimum Gasteiger partial charge on any atom is -0.475 e. The summed E-state index contributed by atoms with van der Waals surface area (Å²) in [6, 6.07) is 0. The van der Waals surface area contributed by atoms with E-state index < -0.39 is 19.4 Å². The molecule has 0 saturated carbocycles. The van der Waals surface area contributed by atoms with Crippen molar-refractivity contribution >= 4 is 13.2 Å². The maximum atomic E-state index is 10.6. The molecule has 18 heavy (non-hydrogen) atoms. The molecule has 0 heterocycles. The number of alkyl halides is 3. The maximum absolute atomic E-state index is 10.6. The van der Waals surface area contributed by atoms with Gasteiger partial charge in [-0.1, -0.05) is 13.3 Å². The van der Waals surface area contributed by atoms with Gasteiger partial charge in [0.15, 0.2) is 0 Å². The summed E-state index contributed by atoms with van der Waals surface area (Å²) in [6.07, 6.45) is 3.72. The molecule has 110 valence electrons. The Bertz CT molecular complexity index is 218. The maximum Gasteiger partial charge on any atom is 0.490 e.